The van der Waals surface area contributed by atoms with Crippen LogP contribution in [0.2, 0.25) is 0 Å². The largest absolute Gasteiger partial charge is 0.481 e. The van der Waals surface area contributed by atoms with E-state index in [1.54, 1.807) is 6.92 Å². The lowest BCUT2D eigenvalue weighted by molar-refractivity contribution is -0.138. The summed E-state index contributed by atoms with van der Waals surface area (Å²) in [7, 11) is 0. The molecule has 1 aromatic heterocycles. The number of carbonyl (C=O) groups is 1. The molecule has 2 aromatic rings. The Kier molecular flexibility index (Phi) is 3.16. The molecule has 0 aliphatic carbocycles. The van der Waals surface area contributed by atoms with Gasteiger partial charge < -0.3 is 9.67 Å². The SMILES string of the molecule is Cc1cccc2c(C(C)C(=O)O)cn(C(C)C)c12. The second-order valence-electron chi connectivity index (χ2n) is 5.12. The van der Waals surface area contributed by atoms with Gasteiger partial charge in [-0.05, 0) is 38.8 Å². The number of hydrogen-bond acceptors (Lipinski definition) is 1. The number of benzene rings is 1. The van der Waals surface area contributed by atoms with Gasteiger partial charge in [0.15, 0.2) is 0 Å². The molecule has 0 aliphatic rings. The lowest BCUT2D eigenvalue weighted by Crippen LogP contribution is -2.07. The van der Waals surface area contributed by atoms with Crippen LogP contribution in [0.1, 0.15) is 43.9 Å². The Morgan fingerprint density at radius 1 is 1.28 bits per heavy atom. The Morgan fingerprint density at radius 3 is 2.50 bits per heavy atom. The number of hydrogen-bond donors (Lipinski definition) is 1. The fourth-order valence-electron chi connectivity index (χ4n) is 2.40. The summed E-state index contributed by atoms with van der Waals surface area (Å²) in [5, 5.41) is 10.3. The summed E-state index contributed by atoms with van der Waals surface area (Å²) in [4.78, 5) is 11.2. The first-order valence-electron chi connectivity index (χ1n) is 6.26. The van der Waals surface area contributed by atoms with Gasteiger partial charge in [0.25, 0.3) is 0 Å². The van der Waals surface area contributed by atoms with E-state index < -0.39 is 11.9 Å². The highest BCUT2D eigenvalue weighted by molar-refractivity contribution is 5.91. The van der Waals surface area contributed by atoms with E-state index in [0.717, 1.165) is 16.5 Å². The number of rotatable bonds is 3. The molecule has 1 aromatic carbocycles. The van der Waals surface area contributed by atoms with Crippen LogP contribution in [0.25, 0.3) is 10.9 Å². The van der Waals surface area contributed by atoms with Crippen LogP contribution >= 0.6 is 0 Å². The second kappa shape index (κ2) is 4.48. The lowest BCUT2D eigenvalue weighted by atomic mass is 10.00. The average molecular weight is 245 g/mol. The zero-order valence-corrected chi connectivity index (χ0v) is 11.3. The zero-order chi connectivity index (χ0) is 13.4. The molecule has 1 unspecified atom stereocenters. The number of carboxylic acids is 1. The van der Waals surface area contributed by atoms with Crippen LogP contribution in [0.4, 0.5) is 0 Å². The summed E-state index contributed by atoms with van der Waals surface area (Å²) in [5.41, 5.74) is 3.23. The molecule has 2 rings (SSSR count). The minimum atomic E-state index is -0.778. The van der Waals surface area contributed by atoms with E-state index in [0.29, 0.717) is 6.04 Å². The van der Waals surface area contributed by atoms with Crippen molar-refractivity contribution in [2.24, 2.45) is 0 Å². The molecule has 0 saturated carbocycles. The standard InChI is InChI=1S/C15H19NO2/c1-9(2)16-8-13(11(4)15(17)18)12-7-5-6-10(3)14(12)16/h5-9,11H,1-4H3,(H,17,18). The third kappa shape index (κ3) is 1.90. The minimum absolute atomic E-state index is 0.323. The van der Waals surface area contributed by atoms with Gasteiger partial charge in [0.2, 0.25) is 0 Å². The smallest absolute Gasteiger partial charge is 0.310 e. The fourth-order valence-corrected chi connectivity index (χ4v) is 2.40. The zero-order valence-electron chi connectivity index (χ0n) is 11.3. The van der Waals surface area contributed by atoms with E-state index >= 15 is 0 Å². The Bertz CT molecular complexity index is 596. The normalized spacial score (nSPS) is 13.2. The monoisotopic (exact) mass is 245 g/mol. The van der Waals surface area contributed by atoms with Gasteiger partial charge in [0.1, 0.15) is 0 Å². The molecule has 0 spiro atoms. The van der Waals surface area contributed by atoms with E-state index in [1.807, 2.05) is 18.3 Å². The molecule has 3 nitrogen and oxygen atoms in total. The Balaban J connectivity index is 2.77. The Hall–Kier alpha value is -1.77. The van der Waals surface area contributed by atoms with Crippen LogP contribution in [-0.4, -0.2) is 15.6 Å². The van der Waals surface area contributed by atoms with Crippen molar-refractivity contribution in [1.82, 2.24) is 4.57 Å². The highest BCUT2D eigenvalue weighted by Crippen LogP contribution is 2.31. The summed E-state index contributed by atoms with van der Waals surface area (Å²) in [6, 6.07) is 6.38. The van der Waals surface area contributed by atoms with Gasteiger partial charge in [0, 0.05) is 17.6 Å². The molecule has 3 heteroatoms. The van der Waals surface area contributed by atoms with Crippen molar-refractivity contribution in [3.05, 3.63) is 35.5 Å². The minimum Gasteiger partial charge on any atom is -0.481 e. The average Bonchev–Trinajstić information content (AvgIpc) is 2.69. The molecule has 0 bridgehead atoms. The number of para-hydroxylation sites is 1. The third-order valence-electron chi connectivity index (χ3n) is 3.48. The molecule has 18 heavy (non-hydrogen) atoms. The van der Waals surface area contributed by atoms with Crippen molar-refractivity contribution in [3.63, 3.8) is 0 Å². The number of nitrogens with zero attached hydrogens (tertiary/aromatic N) is 1. The van der Waals surface area contributed by atoms with Gasteiger partial charge >= 0.3 is 5.97 Å². The van der Waals surface area contributed by atoms with E-state index in [2.05, 4.69) is 31.4 Å². The van der Waals surface area contributed by atoms with Crippen LogP contribution in [0.5, 0.6) is 0 Å². The third-order valence-corrected chi connectivity index (χ3v) is 3.48. The molecule has 1 N–H and O–H groups in total. The highest BCUT2D eigenvalue weighted by atomic mass is 16.4. The maximum Gasteiger partial charge on any atom is 0.310 e. The van der Waals surface area contributed by atoms with Gasteiger partial charge in [-0.2, -0.15) is 0 Å². The van der Waals surface area contributed by atoms with Gasteiger partial charge in [-0.1, -0.05) is 18.2 Å². The van der Waals surface area contributed by atoms with Crippen molar-refractivity contribution >= 4 is 16.9 Å². The first-order valence-corrected chi connectivity index (χ1v) is 6.26. The molecule has 1 heterocycles. The van der Waals surface area contributed by atoms with E-state index in [1.165, 1.54) is 5.56 Å². The van der Waals surface area contributed by atoms with E-state index in [-0.39, 0.29) is 0 Å². The maximum absolute atomic E-state index is 11.2. The summed E-state index contributed by atoms with van der Waals surface area (Å²) in [6.45, 7) is 8.03. The van der Waals surface area contributed by atoms with E-state index in [9.17, 15) is 9.90 Å². The molecule has 0 amide bonds. The summed E-state index contributed by atoms with van der Waals surface area (Å²) < 4.78 is 2.17. The van der Waals surface area contributed by atoms with Gasteiger partial charge in [-0.15, -0.1) is 0 Å². The van der Waals surface area contributed by atoms with Crippen molar-refractivity contribution in [3.8, 4) is 0 Å². The van der Waals surface area contributed by atoms with Gasteiger partial charge in [0.05, 0.1) is 11.4 Å². The second-order valence-corrected chi connectivity index (χ2v) is 5.12. The fraction of sp³-hybridized carbons (Fsp3) is 0.400. The maximum atomic E-state index is 11.2. The molecule has 0 saturated heterocycles. The van der Waals surface area contributed by atoms with Crippen molar-refractivity contribution < 1.29 is 9.90 Å². The van der Waals surface area contributed by atoms with Gasteiger partial charge in [-0.3, -0.25) is 4.79 Å². The predicted molar refractivity (Wildman–Crippen MR) is 73.1 cm³/mol. The van der Waals surface area contributed by atoms with Gasteiger partial charge in [-0.25, -0.2) is 0 Å². The molecular formula is C15H19NO2. The number of aryl methyl sites for hydroxylation is 1. The molecule has 0 fully saturated rings. The predicted octanol–water partition coefficient (Wildman–Crippen LogP) is 3.72. The number of carboxylic acid groups (broad SMARTS) is 1. The van der Waals surface area contributed by atoms with Crippen LogP contribution in [0.3, 0.4) is 0 Å². The first-order chi connectivity index (χ1) is 8.43. The molecule has 96 valence electrons. The molecular weight excluding hydrogens is 226 g/mol. The molecule has 0 aliphatic heterocycles. The highest BCUT2D eigenvalue weighted by Gasteiger charge is 2.21. The topological polar surface area (TPSA) is 42.2 Å². The quantitative estimate of drug-likeness (QED) is 0.895. The lowest BCUT2D eigenvalue weighted by Gasteiger charge is -2.10. The Labute approximate surface area is 107 Å². The summed E-state index contributed by atoms with van der Waals surface area (Å²) in [5.74, 6) is -1.26. The van der Waals surface area contributed by atoms with Crippen molar-refractivity contribution in [2.75, 3.05) is 0 Å². The van der Waals surface area contributed by atoms with Crippen LogP contribution in [-0.2, 0) is 4.79 Å². The molecule has 1 atom stereocenters. The van der Waals surface area contributed by atoms with Crippen molar-refractivity contribution in [2.45, 2.75) is 39.7 Å². The first kappa shape index (κ1) is 12.7. The summed E-state index contributed by atoms with van der Waals surface area (Å²) >= 11 is 0. The van der Waals surface area contributed by atoms with Crippen LogP contribution in [0, 0.1) is 6.92 Å². The summed E-state index contributed by atoms with van der Waals surface area (Å²) in [6.07, 6.45) is 1.99. The van der Waals surface area contributed by atoms with Crippen molar-refractivity contribution in [1.29, 1.82) is 0 Å². The number of aromatic nitrogens is 1. The van der Waals surface area contributed by atoms with Crippen LogP contribution < -0.4 is 0 Å². The van der Waals surface area contributed by atoms with E-state index in [4.69, 9.17) is 0 Å². The van der Waals surface area contributed by atoms with Crippen LogP contribution in [0.15, 0.2) is 24.4 Å². The number of aliphatic carboxylic acids is 1. The Morgan fingerprint density at radius 2 is 1.94 bits per heavy atom. The molecule has 0 radical (unpaired) electrons. The number of fused-ring (bicyclic) bond motifs is 1.